The molecule has 7 nitrogen and oxygen atoms in total. The Bertz CT molecular complexity index is 510. The van der Waals surface area contributed by atoms with Gasteiger partial charge in [0.25, 0.3) is 0 Å². The van der Waals surface area contributed by atoms with Gasteiger partial charge in [-0.3, -0.25) is 9.80 Å². The third-order valence-corrected chi connectivity index (χ3v) is 5.53. The van der Waals surface area contributed by atoms with Crippen LogP contribution in [0.1, 0.15) is 56.9 Å². The van der Waals surface area contributed by atoms with Gasteiger partial charge in [0.05, 0.1) is 25.3 Å². The van der Waals surface area contributed by atoms with Crippen molar-refractivity contribution in [2.45, 2.75) is 57.2 Å². The van der Waals surface area contributed by atoms with Gasteiger partial charge in [-0.05, 0) is 49.6 Å². The summed E-state index contributed by atoms with van der Waals surface area (Å²) in [5, 5.41) is 12.5. The summed E-state index contributed by atoms with van der Waals surface area (Å²) in [7, 11) is 0. The summed E-state index contributed by atoms with van der Waals surface area (Å²) in [5.41, 5.74) is 0. The highest BCUT2D eigenvalue weighted by Gasteiger charge is 2.35. The Kier molecular flexibility index (Phi) is 4.59. The second kappa shape index (κ2) is 6.83. The Labute approximate surface area is 138 Å². The van der Waals surface area contributed by atoms with Crippen molar-refractivity contribution in [2.24, 2.45) is 0 Å². The van der Waals surface area contributed by atoms with E-state index in [0.29, 0.717) is 18.1 Å². The number of aromatic nitrogens is 4. The molecule has 0 bridgehead atoms. The van der Waals surface area contributed by atoms with Crippen molar-refractivity contribution in [3.63, 3.8) is 0 Å². The third-order valence-electron chi connectivity index (χ3n) is 5.53. The Morgan fingerprint density at radius 1 is 1.13 bits per heavy atom. The first-order chi connectivity index (χ1) is 11.3. The summed E-state index contributed by atoms with van der Waals surface area (Å²) in [6, 6.07) is 1.46. The molecule has 0 amide bonds. The number of tetrazole rings is 1. The second-order valence-corrected chi connectivity index (χ2v) is 7.19. The molecule has 4 rings (SSSR count). The number of piperidine rings is 1. The molecule has 128 valence electrons. The second-order valence-electron chi connectivity index (χ2n) is 7.19. The van der Waals surface area contributed by atoms with E-state index in [0.717, 1.165) is 45.2 Å². The van der Waals surface area contributed by atoms with E-state index in [1.165, 1.54) is 32.1 Å². The van der Waals surface area contributed by atoms with E-state index in [-0.39, 0.29) is 0 Å². The molecule has 2 atom stereocenters. The average molecular weight is 320 g/mol. The Balaban J connectivity index is 1.46. The van der Waals surface area contributed by atoms with Crippen LogP contribution in [-0.2, 0) is 4.74 Å². The number of morpholine rings is 1. The lowest BCUT2D eigenvalue weighted by atomic mass is 9.99. The maximum atomic E-state index is 5.49. The van der Waals surface area contributed by atoms with Crippen LogP contribution in [0.15, 0.2) is 0 Å². The van der Waals surface area contributed by atoms with Crippen molar-refractivity contribution in [3.05, 3.63) is 5.82 Å². The van der Waals surface area contributed by atoms with Gasteiger partial charge in [-0.25, -0.2) is 4.68 Å². The lowest BCUT2D eigenvalue weighted by molar-refractivity contribution is 0.00785. The molecule has 23 heavy (non-hydrogen) atoms. The molecular formula is C16H28N6O. The van der Waals surface area contributed by atoms with Crippen LogP contribution >= 0.6 is 0 Å². The monoisotopic (exact) mass is 320 g/mol. The number of rotatable bonds is 5. The Morgan fingerprint density at radius 3 is 2.74 bits per heavy atom. The first-order valence-corrected chi connectivity index (χ1v) is 9.16. The fourth-order valence-electron chi connectivity index (χ4n) is 4.01. The van der Waals surface area contributed by atoms with Gasteiger partial charge in [0.2, 0.25) is 0 Å². The summed E-state index contributed by atoms with van der Waals surface area (Å²) < 4.78 is 7.56. The molecule has 2 aliphatic heterocycles. The van der Waals surface area contributed by atoms with Crippen LogP contribution in [0, 0.1) is 0 Å². The van der Waals surface area contributed by atoms with Gasteiger partial charge in [0.1, 0.15) is 0 Å². The standard InChI is InChI=1S/C16H28N6O/c1-13(16-17-18-19-22(16)14-5-6-14)21-7-3-2-4-15(21)12-20-8-10-23-11-9-20/h13-15H,2-12H2,1H3/t13-,15+/m0/s1. The summed E-state index contributed by atoms with van der Waals surface area (Å²) in [6.45, 7) is 8.48. The molecule has 7 heteroatoms. The van der Waals surface area contributed by atoms with Crippen LogP contribution in [0.2, 0.25) is 0 Å². The topological polar surface area (TPSA) is 59.3 Å². The lowest BCUT2D eigenvalue weighted by Gasteiger charge is -2.42. The number of hydrogen-bond acceptors (Lipinski definition) is 6. The van der Waals surface area contributed by atoms with E-state index >= 15 is 0 Å². The highest BCUT2D eigenvalue weighted by Crippen LogP contribution is 2.37. The van der Waals surface area contributed by atoms with Crippen LogP contribution in [0.5, 0.6) is 0 Å². The zero-order chi connectivity index (χ0) is 15.6. The van der Waals surface area contributed by atoms with Crippen LogP contribution < -0.4 is 0 Å². The van der Waals surface area contributed by atoms with Crippen LogP contribution in [0.4, 0.5) is 0 Å². The highest BCUT2D eigenvalue weighted by atomic mass is 16.5. The van der Waals surface area contributed by atoms with Gasteiger partial charge in [-0.2, -0.15) is 0 Å². The van der Waals surface area contributed by atoms with Crippen molar-refractivity contribution in [1.82, 2.24) is 30.0 Å². The third kappa shape index (κ3) is 3.41. The van der Waals surface area contributed by atoms with E-state index in [9.17, 15) is 0 Å². The maximum Gasteiger partial charge on any atom is 0.168 e. The van der Waals surface area contributed by atoms with Crippen molar-refractivity contribution >= 4 is 0 Å². The van der Waals surface area contributed by atoms with Crippen LogP contribution in [-0.4, -0.2) is 75.4 Å². The number of nitrogens with zero attached hydrogens (tertiary/aromatic N) is 6. The number of ether oxygens (including phenoxy) is 1. The molecule has 1 aromatic heterocycles. The molecule has 1 aliphatic carbocycles. The van der Waals surface area contributed by atoms with Gasteiger partial charge < -0.3 is 4.74 Å². The Hall–Kier alpha value is -1.05. The van der Waals surface area contributed by atoms with Gasteiger partial charge >= 0.3 is 0 Å². The quantitative estimate of drug-likeness (QED) is 0.814. The lowest BCUT2D eigenvalue weighted by Crippen LogP contribution is -2.50. The van der Waals surface area contributed by atoms with Gasteiger partial charge in [0, 0.05) is 25.7 Å². The minimum Gasteiger partial charge on any atom is -0.379 e. The van der Waals surface area contributed by atoms with Crippen molar-refractivity contribution in [3.8, 4) is 0 Å². The SMILES string of the molecule is C[C@@H](c1nnnn1C1CC1)N1CCCC[C@@H]1CN1CCOCC1. The smallest absolute Gasteiger partial charge is 0.168 e. The van der Waals surface area contributed by atoms with Crippen LogP contribution in [0.3, 0.4) is 0 Å². The zero-order valence-corrected chi connectivity index (χ0v) is 14.1. The first kappa shape index (κ1) is 15.5. The fraction of sp³-hybridized carbons (Fsp3) is 0.938. The normalized spacial score (nSPS) is 28.8. The van der Waals surface area contributed by atoms with E-state index in [1.807, 2.05) is 0 Å². The minimum absolute atomic E-state index is 0.303. The number of hydrogen-bond donors (Lipinski definition) is 0. The van der Waals surface area contributed by atoms with E-state index < -0.39 is 0 Å². The van der Waals surface area contributed by atoms with E-state index in [2.05, 4.69) is 36.9 Å². The molecule has 0 aromatic carbocycles. The van der Waals surface area contributed by atoms with Crippen LogP contribution in [0.25, 0.3) is 0 Å². The molecule has 0 radical (unpaired) electrons. The number of likely N-dealkylation sites (tertiary alicyclic amines) is 1. The highest BCUT2D eigenvalue weighted by molar-refractivity contribution is 4.99. The molecule has 1 saturated carbocycles. The Morgan fingerprint density at radius 2 is 1.96 bits per heavy atom. The van der Waals surface area contributed by atoms with Crippen molar-refractivity contribution < 1.29 is 4.74 Å². The average Bonchev–Trinajstić information content (AvgIpc) is 3.32. The molecule has 0 unspecified atom stereocenters. The van der Waals surface area contributed by atoms with E-state index in [4.69, 9.17) is 4.74 Å². The summed E-state index contributed by atoms with van der Waals surface area (Å²) >= 11 is 0. The largest absolute Gasteiger partial charge is 0.379 e. The molecule has 3 fully saturated rings. The van der Waals surface area contributed by atoms with Crippen molar-refractivity contribution in [1.29, 1.82) is 0 Å². The van der Waals surface area contributed by atoms with Gasteiger partial charge in [-0.15, -0.1) is 5.10 Å². The maximum absolute atomic E-state index is 5.49. The predicted molar refractivity (Wildman–Crippen MR) is 86.1 cm³/mol. The molecule has 3 heterocycles. The molecule has 3 aliphatic rings. The van der Waals surface area contributed by atoms with Gasteiger partial charge in [0.15, 0.2) is 5.82 Å². The minimum atomic E-state index is 0.303. The molecule has 0 N–H and O–H groups in total. The molecule has 1 aromatic rings. The van der Waals surface area contributed by atoms with E-state index in [1.54, 1.807) is 0 Å². The van der Waals surface area contributed by atoms with Gasteiger partial charge in [-0.1, -0.05) is 6.42 Å². The zero-order valence-electron chi connectivity index (χ0n) is 14.1. The summed E-state index contributed by atoms with van der Waals surface area (Å²) in [4.78, 5) is 5.20. The molecular weight excluding hydrogens is 292 g/mol. The predicted octanol–water partition coefficient (Wildman–Crippen LogP) is 1.26. The fourth-order valence-corrected chi connectivity index (χ4v) is 4.01. The summed E-state index contributed by atoms with van der Waals surface area (Å²) in [6.07, 6.45) is 6.36. The summed E-state index contributed by atoms with van der Waals surface area (Å²) in [5.74, 6) is 1.06. The molecule has 0 spiro atoms. The van der Waals surface area contributed by atoms with Crippen molar-refractivity contribution in [2.75, 3.05) is 39.4 Å². The molecule has 2 saturated heterocycles. The first-order valence-electron chi connectivity index (χ1n) is 9.16.